The first-order chi connectivity index (χ1) is 22.2. The number of ether oxygens (including phenoxy) is 3. The lowest BCUT2D eigenvalue weighted by atomic mass is 10.0. The van der Waals surface area contributed by atoms with E-state index in [-0.39, 0.29) is 30.8 Å². The van der Waals surface area contributed by atoms with E-state index in [4.69, 9.17) is 18.6 Å². The maximum atomic E-state index is 13.4. The minimum absolute atomic E-state index is 0.0888. The van der Waals surface area contributed by atoms with Gasteiger partial charge in [0.2, 0.25) is 17.7 Å². The molecule has 46 heavy (non-hydrogen) atoms. The lowest BCUT2D eigenvalue weighted by Gasteiger charge is -2.26. The van der Waals surface area contributed by atoms with Crippen LogP contribution in [0.5, 0.6) is 17.2 Å². The van der Waals surface area contributed by atoms with Gasteiger partial charge < -0.3 is 29.3 Å². The average molecular weight is 632 g/mol. The van der Waals surface area contributed by atoms with Gasteiger partial charge in [-0.2, -0.15) is 5.10 Å². The maximum Gasteiger partial charge on any atom is 0.243 e. The highest BCUT2D eigenvalue weighted by Crippen LogP contribution is 2.33. The molecule has 3 heterocycles. The molecule has 0 saturated heterocycles. The van der Waals surface area contributed by atoms with Gasteiger partial charge in [-0.25, -0.2) is 14.6 Å². The number of methoxy groups -OCH3 is 2. The number of rotatable bonds is 7. The van der Waals surface area contributed by atoms with Crippen molar-refractivity contribution < 1.29 is 28.2 Å². The van der Waals surface area contributed by atoms with Crippen molar-refractivity contribution in [3.63, 3.8) is 0 Å². The van der Waals surface area contributed by atoms with Crippen LogP contribution >= 0.6 is 0 Å². The summed E-state index contributed by atoms with van der Waals surface area (Å²) in [5.41, 5.74) is 3.27. The monoisotopic (exact) mass is 631 g/mol. The zero-order valence-corrected chi connectivity index (χ0v) is 26.9. The molecule has 0 radical (unpaired) electrons. The third kappa shape index (κ3) is 8.02. The summed E-state index contributed by atoms with van der Waals surface area (Å²) in [6.07, 6.45) is 3.77. The highest BCUT2D eigenvalue weighted by Gasteiger charge is 2.26. The molecule has 244 valence electrons. The standard InChI is InChI=1S/C33H41N7O6/c1-21(2)31-32(42)35-15-26-22(3)46-33(37-26)24-8-10-28(44-5)29(14-24)45-12-6-11-39(18-30(41)38-31)16-23-7-9-27(43-4)25(13-23)17-40-20-34-19-36-40/h7-10,13-14,19-21,31H,6,11-12,15-18H2,1-5H3,(H,35,42)(H,38,41)/t31-/m0/s1. The van der Waals surface area contributed by atoms with Crippen LogP contribution in [0, 0.1) is 12.8 Å². The van der Waals surface area contributed by atoms with Gasteiger partial charge in [-0.1, -0.05) is 19.9 Å². The van der Waals surface area contributed by atoms with E-state index < -0.39 is 6.04 Å². The van der Waals surface area contributed by atoms with Gasteiger partial charge in [0.1, 0.15) is 35.9 Å². The predicted molar refractivity (Wildman–Crippen MR) is 169 cm³/mol. The van der Waals surface area contributed by atoms with E-state index in [1.54, 1.807) is 32.2 Å². The Morgan fingerprint density at radius 3 is 2.61 bits per heavy atom. The Morgan fingerprint density at radius 1 is 1.07 bits per heavy atom. The number of nitrogens with one attached hydrogen (secondary N) is 2. The number of carbonyl (C=O) groups excluding carboxylic acids is 2. The van der Waals surface area contributed by atoms with Crippen molar-refractivity contribution in [2.24, 2.45) is 5.92 Å². The normalized spacial score (nSPS) is 16.6. The second-order valence-corrected chi connectivity index (χ2v) is 11.5. The van der Waals surface area contributed by atoms with Crippen molar-refractivity contribution in [1.29, 1.82) is 0 Å². The van der Waals surface area contributed by atoms with Gasteiger partial charge in [-0.05, 0) is 55.2 Å². The molecule has 4 aromatic rings. The number of aromatic nitrogens is 4. The summed E-state index contributed by atoms with van der Waals surface area (Å²) in [6.45, 7) is 7.78. The highest BCUT2D eigenvalue weighted by atomic mass is 16.5. The molecule has 4 bridgehead atoms. The Morgan fingerprint density at radius 2 is 1.87 bits per heavy atom. The number of hydrogen-bond donors (Lipinski definition) is 2. The number of benzene rings is 2. The summed E-state index contributed by atoms with van der Waals surface area (Å²) >= 11 is 0. The molecule has 2 aromatic heterocycles. The van der Waals surface area contributed by atoms with E-state index in [0.29, 0.717) is 61.5 Å². The van der Waals surface area contributed by atoms with Crippen molar-refractivity contribution >= 4 is 11.8 Å². The number of aryl methyl sites for hydroxylation is 1. The van der Waals surface area contributed by atoms with Gasteiger partial charge >= 0.3 is 0 Å². The second-order valence-electron chi connectivity index (χ2n) is 11.5. The fourth-order valence-electron chi connectivity index (χ4n) is 5.36. The van der Waals surface area contributed by atoms with Crippen LogP contribution in [0.1, 0.15) is 42.8 Å². The molecule has 0 spiro atoms. The number of nitrogens with zero attached hydrogens (tertiary/aromatic N) is 5. The summed E-state index contributed by atoms with van der Waals surface area (Å²) in [4.78, 5) is 37.4. The summed E-state index contributed by atoms with van der Waals surface area (Å²) in [5, 5.41) is 10.1. The predicted octanol–water partition coefficient (Wildman–Crippen LogP) is 3.35. The lowest BCUT2D eigenvalue weighted by molar-refractivity contribution is -0.130. The fourth-order valence-corrected chi connectivity index (χ4v) is 5.36. The van der Waals surface area contributed by atoms with E-state index in [1.807, 2.05) is 49.1 Å². The van der Waals surface area contributed by atoms with Crippen molar-refractivity contribution in [1.82, 2.24) is 35.3 Å². The van der Waals surface area contributed by atoms with Crippen LogP contribution in [0.25, 0.3) is 11.5 Å². The Bertz CT molecular complexity index is 1640. The first-order valence-corrected chi connectivity index (χ1v) is 15.3. The Hall–Kier alpha value is -4.91. The molecule has 2 amide bonds. The van der Waals surface area contributed by atoms with Crippen LogP contribution in [-0.4, -0.2) is 76.4 Å². The van der Waals surface area contributed by atoms with Gasteiger partial charge in [-0.3, -0.25) is 14.5 Å². The van der Waals surface area contributed by atoms with Gasteiger partial charge in [0.15, 0.2) is 11.5 Å². The Balaban J connectivity index is 1.40. The van der Waals surface area contributed by atoms with E-state index >= 15 is 0 Å². The topological polar surface area (TPSA) is 146 Å². The van der Waals surface area contributed by atoms with Crippen molar-refractivity contribution in [3.8, 4) is 28.7 Å². The number of hydrogen-bond acceptors (Lipinski definition) is 10. The Kier molecular flexibility index (Phi) is 10.5. The van der Waals surface area contributed by atoms with Crippen molar-refractivity contribution in [2.45, 2.75) is 52.9 Å². The first-order valence-electron chi connectivity index (χ1n) is 15.3. The van der Waals surface area contributed by atoms with Crippen molar-refractivity contribution in [3.05, 3.63) is 71.6 Å². The highest BCUT2D eigenvalue weighted by molar-refractivity contribution is 5.88. The third-order valence-corrected chi connectivity index (χ3v) is 7.79. The van der Waals surface area contributed by atoms with Crippen LogP contribution < -0.4 is 24.8 Å². The minimum Gasteiger partial charge on any atom is -0.496 e. The molecule has 5 rings (SSSR count). The Labute approximate surface area is 268 Å². The first kappa shape index (κ1) is 32.5. The molecule has 13 heteroatoms. The van der Waals surface area contributed by atoms with Gasteiger partial charge in [-0.15, -0.1) is 0 Å². The molecule has 1 aliphatic rings. The zero-order valence-electron chi connectivity index (χ0n) is 26.9. The molecule has 1 atom stereocenters. The largest absolute Gasteiger partial charge is 0.496 e. The van der Waals surface area contributed by atoms with E-state index in [9.17, 15) is 9.59 Å². The molecule has 2 aromatic carbocycles. The fraction of sp³-hybridized carbons (Fsp3) is 0.424. The molecule has 0 saturated carbocycles. The maximum absolute atomic E-state index is 13.4. The second kappa shape index (κ2) is 14.9. The number of oxazole rings is 1. The molecule has 2 N–H and O–H groups in total. The van der Waals surface area contributed by atoms with Crippen LogP contribution in [0.3, 0.4) is 0 Å². The number of amides is 2. The summed E-state index contributed by atoms with van der Waals surface area (Å²) in [5.74, 6) is 2.22. The van der Waals surface area contributed by atoms with Crippen molar-refractivity contribution in [2.75, 3.05) is 33.9 Å². The third-order valence-electron chi connectivity index (χ3n) is 7.79. The quantitative estimate of drug-likeness (QED) is 0.311. The molecule has 0 unspecified atom stereocenters. The zero-order chi connectivity index (χ0) is 32.6. The molecular formula is C33H41N7O6. The molecular weight excluding hydrogens is 590 g/mol. The molecule has 13 nitrogen and oxygen atoms in total. The van der Waals surface area contributed by atoms with Gasteiger partial charge in [0.05, 0.1) is 40.5 Å². The van der Waals surface area contributed by atoms with E-state index in [1.165, 1.54) is 6.33 Å². The van der Waals surface area contributed by atoms with E-state index in [2.05, 4.69) is 31.8 Å². The van der Waals surface area contributed by atoms with E-state index in [0.717, 1.165) is 22.4 Å². The minimum atomic E-state index is -0.720. The number of fused-ring (bicyclic) bond motifs is 5. The summed E-state index contributed by atoms with van der Waals surface area (Å²) < 4.78 is 25.0. The molecule has 1 aliphatic heterocycles. The SMILES string of the molecule is COc1ccc(CN2CCCOc3cc(ccc3OC)-c3nc(c(C)o3)CNC(=O)[C@H](C(C)C)NC(=O)C2)cc1Cn1cncn1. The van der Waals surface area contributed by atoms with Gasteiger partial charge in [0.25, 0.3) is 0 Å². The van der Waals surface area contributed by atoms with Crippen LogP contribution in [0.4, 0.5) is 0 Å². The smallest absolute Gasteiger partial charge is 0.243 e. The van der Waals surface area contributed by atoms with Crippen LogP contribution in [0.2, 0.25) is 0 Å². The molecule has 0 fully saturated rings. The number of carbonyl (C=O) groups is 2. The summed E-state index contributed by atoms with van der Waals surface area (Å²) in [6, 6.07) is 10.7. The lowest BCUT2D eigenvalue weighted by Crippen LogP contribution is -2.51. The molecule has 0 aliphatic carbocycles. The summed E-state index contributed by atoms with van der Waals surface area (Å²) in [7, 11) is 3.22. The van der Waals surface area contributed by atoms with Crippen LogP contribution in [0.15, 0.2) is 53.5 Å². The average Bonchev–Trinajstić information content (AvgIpc) is 3.69. The van der Waals surface area contributed by atoms with Crippen LogP contribution in [-0.2, 0) is 29.2 Å². The van der Waals surface area contributed by atoms with Gasteiger partial charge in [0, 0.05) is 24.2 Å².